The summed E-state index contributed by atoms with van der Waals surface area (Å²) >= 11 is 0. The van der Waals surface area contributed by atoms with Crippen LogP contribution in [0.4, 0.5) is 0 Å². The second-order valence-corrected chi connectivity index (χ2v) is 5.34. The lowest BCUT2D eigenvalue weighted by atomic mass is 9.93. The zero-order valence-electron chi connectivity index (χ0n) is 10.6. The second kappa shape index (κ2) is 4.34. The Kier molecular flexibility index (Phi) is 2.80. The van der Waals surface area contributed by atoms with Gasteiger partial charge in [0.1, 0.15) is 5.60 Å². The molecule has 3 rings (SSSR count). The van der Waals surface area contributed by atoms with Gasteiger partial charge in [-0.2, -0.15) is 0 Å². The summed E-state index contributed by atoms with van der Waals surface area (Å²) in [5, 5.41) is 16.2. The van der Waals surface area contributed by atoms with Crippen molar-refractivity contribution in [3.8, 4) is 0 Å². The van der Waals surface area contributed by atoms with E-state index >= 15 is 0 Å². The Balaban J connectivity index is 1.95. The zero-order chi connectivity index (χ0) is 12.6. The number of aliphatic hydroxyl groups is 1. The topological polar surface area (TPSA) is 45.1 Å². The molecular weight excluding hydrogens is 224 g/mol. The Morgan fingerprint density at radius 1 is 1.33 bits per heavy atom. The van der Waals surface area contributed by atoms with Crippen LogP contribution in [0.2, 0.25) is 0 Å². The first-order valence-electron chi connectivity index (χ1n) is 6.46. The van der Waals surface area contributed by atoms with Crippen LogP contribution in [0.25, 0.3) is 10.8 Å². The van der Waals surface area contributed by atoms with Gasteiger partial charge in [0.05, 0.1) is 0 Å². The zero-order valence-corrected chi connectivity index (χ0v) is 10.6. The van der Waals surface area contributed by atoms with Crippen molar-refractivity contribution in [3.05, 3.63) is 42.2 Å². The number of nitrogens with one attached hydrogen (secondary N) is 1. The van der Waals surface area contributed by atoms with Crippen LogP contribution >= 0.6 is 0 Å². The average Bonchev–Trinajstić information content (AvgIpc) is 3.20. The van der Waals surface area contributed by atoms with Crippen molar-refractivity contribution in [2.24, 2.45) is 0 Å². The van der Waals surface area contributed by atoms with Crippen molar-refractivity contribution >= 4 is 10.8 Å². The third-order valence-electron chi connectivity index (χ3n) is 3.56. The quantitative estimate of drug-likeness (QED) is 0.864. The van der Waals surface area contributed by atoms with Crippen molar-refractivity contribution < 1.29 is 5.11 Å². The van der Waals surface area contributed by atoms with Gasteiger partial charge in [0.25, 0.3) is 0 Å². The molecule has 0 saturated heterocycles. The number of nitrogens with zero attached hydrogens (tertiary/aromatic N) is 1. The normalized spacial score (nSPS) is 18.8. The molecular formula is C15H18N2O. The van der Waals surface area contributed by atoms with Gasteiger partial charge in [0.15, 0.2) is 0 Å². The number of aromatic nitrogens is 1. The van der Waals surface area contributed by atoms with Gasteiger partial charge in [0, 0.05) is 35.9 Å². The smallest absolute Gasteiger partial charge is 0.101 e. The van der Waals surface area contributed by atoms with Crippen molar-refractivity contribution in [1.29, 1.82) is 0 Å². The van der Waals surface area contributed by atoms with Crippen molar-refractivity contribution in [3.63, 3.8) is 0 Å². The molecule has 1 fully saturated rings. The standard InChI is InChI=1S/C15H18N2O/c1-15(18,10-17-12-6-7-12)14-9-16-8-11-4-2-3-5-13(11)14/h2-5,8-9,12,17-18H,6-7,10H2,1H3. The SMILES string of the molecule is CC(O)(CNC1CC1)c1cncc2ccccc12. The van der Waals surface area contributed by atoms with E-state index in [1.54, 1.807) is 6.20 Å². The molecule has 0 aliphatic heterocycles. The van der Waals surface area contributed by atoms with E-state index in [9.17, 15) is 5.11 Å². The van der Waals surface area contributed by atoms with Crippen molar-refractivity contribution in [2.75, 3.05) is 6.54 Å². The molecule has 0 spiro atoms. The highest BCUT2D eigenvalue weighted by Gasteiger charge is 2.29. The predicted molar refractivity (Wildman–Crippen MR) is 72.3 cm³/mol. The van der Waals surface area contributed by atoms with E-state index in [4.69, 9.17) is 0 Å². The molecule has 1 atom stereocenters. The lowest BCUT2D eigenvalue weighted by molar-refractivity contribution is 0.0578. The first-order valence-corrected chi connectivity index (χ1v) is 6.46. The molecule has 18 heavy (non-hydrogen) atoms. The highest BCUT2D eigenvalue weighted by molar-refractivity contribution is 5.85. The predicted octanol–water partition coefficient (Wildman–Crippen LogP) is 2.19. The van der Waals surface area contributed by atoms with Crippen LogP contribution in [0.5, 0.6) is 0 Å². The van der Waals surface area contributed by atoms with Crippen LogP contribution in [0, 0.1) is 0 Å². The van der Waals surface area contributed by atoms with Gasteiger partial charge >= 0.3 is 0 Å². The molecule has 1 heterocycles. The lowest BCUT2D eigenvalue weighted by Crippen LogP contribution is -2.36. The monoisotopic (exact) mass is 242 g/mol. The molecule has 1 unspecified atom stereocenters. The van der Waals surface area contributed by atoms with Crippen LogP contribution in [-0.4, -0.2) is 22.7 Å². The summed E-state index contributed by atoms with van der Waals surface area (Å²) in [7, 11) is 0. The Bertz CT molecular complexity index is 556. The van der Waals surface area contributed by atoms with E-state index in [2.05, 4.69) is 10.3 Å². The van der Waals surface area contributed by atoms with Crippen LogP contribution in [0.3, 0.4) is 0 Å². The fraction of sp³-hybridized carbons (Fsp3) is 0.400. The molecule has 1 aromatic heterocycles. The first kappa shape index (κ1) is 11.6. The van der Waals surface area contributed by atoms with Crippen molar-refractivity contribution in [2.45, 2.75) is 31.4 Å². The number of rotatable bonds is 4. The molecule has 3 heteroatoms. The molecule has 0 amide bonds. The number of pyridine rings is 1. The molecule has 0 bridgehead atoms. The number of benzene rings is 1. The number of fused-ring (bicyclic) bond motifs is 1. The van der Waals surface area contributed by atoms with E-state index in [0.717, 1.165) is 16.3 Å². The maximum Gasteiger partial charge on any atom is 0.101 e. The Morgan fingerprint density at radius 2 is 2.11 bits per heavy atom. The van der Waals surface area contributed by atoms with Gasteiger partial charge in [-0.05, 0) is 25.2 Å². The first-order chi connectivity index (χ1) is 8.67. The fourth-order valence-corrected chi connectivity index (χ4v) is 2.27. The third kappa shape index (κ3) is 2.24. The minimum absolute atomic E-state index is 0.577. The molecule has 2 N–H and O–H groups in total. The maximum atomic E-state index is 10.7. The largest absolute Gasteiger partial charge is 0.384 e. The summed E-state index contributed by atoms with van der Waals surface area (Å²) in [4.78, 5) is 4.23. The van der Waals surface area contributed by atoms with E-state index < -0.39 is 5.60 Å². The van der Waals surface area contributed by atoms with Gasteiger partial charge in [-0.15, -0.1) is 0 Å². The minimum Gasteiger partial charge on any atom is -0.384 e. The van der Waals surface area contributed by atoms with Crippen LogP contribution < -0.4 is 5.32 Å². The summed E-state index contributed by atoms with van der Waals surface area (Å²) in [5.41, 5.74) is 0.0185. The number of hydrogen-bond acceptors (Lipinski definition) is 3. The molecule has 3 nitrogen and oxygen atoms in total. The van der Waals surface area contributed by atoms with E-state index in [1.807, 2.05) is 37.4 Å². The highest BCUT2D eigenvalue weighted by atomic mass is 16.3. The molecule has 94 valence electrons. The Morgan fingerprint density at radius 3 is 2.89 bits per heavy atom. The number of hydrogen-bond donors (Lipinski definition) is 2. The van der Waals surface area contributed by atoms with Crippen LogP contribution in [0.15, 0.2) is 36.7 Å². The van der Waals surface area contributed by atoms with Crippen LogP contribution in [0.1, 0.15) is 25.3 Å². The fourth-order valence-electron chi connectivity index (χ4n) is 2.27. The third-order valence-corrected chi connectivity index (χ3v) is 3.56. The van der Waals surface area contributed by atoms with Gasteiger partial charge in [0.2, 0.25) is 0 Å². The molecule has 1 aliphatic carbocycles. The molecule has 2 aromatic rings. The minimum atomic E-state index is -0.879. The average molecular weight is 242 g/mol. The summed E-state index contributed by atoms with van der Waals surface area (Å²) in [6.45, 7) is 2.43. The molecule has 1 aliphatic rings. The summed E-state index contributed by atoms with van der Waals surface area (Å²) < 4.78 is 0. The Labute approximate surface area is 107 Å². The Hall–Kier alpha value is -1.45. The molecule has 1 aromatic carbocycles. The van der Waals surface area contributed by atoms with Crippen LogP contribution in [-0.2, 0) is 5.60 Å². The summed E-state index contributed by atoms with van der Waals surface area (Å²) in [6.07, 6.45) is 6.06. The van der Waals surface area contributed by atoms with Gasteiger partial charge < -0.3 is 10.4 Å². The van der Waals surface area contributed by atoms with Gasteiger partial charge in [-0.1, -0.05) is 24.3 Å². The van der Waals surface area contributed by atoms with Gasteiger partial charge in [-0.3, -0.25) is 4.98 Å². The highest BCUT2D eigenvalue weighted by Crippen LogP contribution is 2.28. The second-order valence-electron chi connectivity index (χ2n) is 5.34. The van der Waals surface area contributed by atoms with E-state index in [-0.39, 0.29) is 0 Å². The summed E-state index contributed by atoms with van der Waals surface area (Å²) in [5.74, 6) is 0. The van der Waals surface area contributed by atoms with E-state index in [1.165, 1.54) is 12.8 Å². The lowest BCUT2D eigenvalue weighted by Gasteiger charge is -2.25. The summed E-state index contributed by atoms with van der Waals surface area (Å²) in [6, 6.07) is 8.65. The van der Waals surface area contributed by atoms with Gasteiger partial charge in [-0.25, -0.2) is 0 Å². The van der Waals surface area contributed by atoms with Crippen molar-refractivity contribution in [1.82, 2.24) is 10.3 Å². The molecule has 1 saturated carbocycles. The molecule has 0 radical (unpaired) electrons. The van der Waals surface area contributed by atoms with E-state index in [0.29, 0.717) is 12.6 Å². The maximum absolute atomic E-state index is 10.7.